The van der Waals surface area contributed by atoms with Crippen molar-refractivity contribution in [1.29, 1.82) is 0 Å². The van der Waals surface area contributed by atoms with Gasteiger partial charge in [-0.1, -0.05) is 44.9 Å². The zero-order valence-electron chi connectivity index (χ0n) is 25.2. The molecule has 0 spiro atoms. The van der Waals surface area contributed by atoms with Gasteiger partial charge >= 0.3 is 17.9 Å². The van der Waals surface area contributed by atoms with E-state index >= 15 is 0 Å². The van der Waals surface area contributed by atoms with E-state index in [1.807, 2.05) is 13.8 Å². The van der Waals surface area contributed by atoms with E-state index in [1.165, 1.54) is 31.9 Å². The van der Waals surface area contributed by atoms with Crippen molar-refractivity contribution in [3.63, 3.8) is 0 Å². The fraction of sp³-hybridized carbons (Fsp3) is 0.758. The third kappa shape index (κ3) is 4.65. The Bertz CT molecular complexity index is 1170. The Balaban J connectivity index is 1.57. The third-order valence-electron chi connectivity index (χ3n) is 11.5. The van der Waals surface area contributed by atoms with Gasteiger partial charge in [0.05, 0.1) is 6.61 Å². The second-order valence-electron chi connectivity index (χ2n) is 13.9. The van der Waals surface area contributed by atoms with Crippen molar-refractivity contribution in [2.24, 2.45) is 46.3 Å². The van der Waals surface area contributed by atoms with Crippen LogP contribution in [0.25, 0.3) is 0 Å². The third-order valence-corrected chi connectivity index (χ3v) is 11.5. The molecule has 0 aromatic heterocycles. The van der Waals surface area contributed by atoms with Gasteiger partial charge < -0.3 is 14.2 Å². The number of carbonyl (C=O) groups excluding carboxylic acids is 4. The fourth-order valence-electron chi connectivity index (χ4n) is 9.87. The summed E-state index contributed by atoms with van der Waals surface area (Å²) in [4.78, 5) is 49.5. The molecule has 7 nitrogen and oxygen atoms in total. The quantitative estimate of drug-likeness (QED) is 0.234. The smallest absolute Gasteiger partial charge is 0.302 e. The Kier molecular flexibility index (Phi) is 7.58. The number of hydrogen-bond acceptors (Lipinski definition) is 7. The lowest BCUT2D eigenvalue weighted by Gasteiger charge is -2.60. The molecule has 3 fully saturated rings. The van der Waals surface area contributed by atoms with Crippen LogP contribution in [-0.4, -0.2) is 42.5 Å². The Hall–Kier alpha value is -2.44. The van der Waals surface area contributed by atoms with E-state index in [1.54, 1.807) is 0 Å². The first-order valence-electron chi connectivity index (χ1n) is 15.2. The van der Waals surface area contributed by atoms with E-state index in [2.05, 4.69) is 19.9 Å². The zero-order chi connectivity index (χ0) is 29.1. The standard InChI is InChI=1S/C33H46O7/c1-17(16-38-19(3)34)12-25-27-14-26-24(9-8-22-13-23(39-20(4)35)10-11-32(22,26)6)28-15-29(40-21(5)36)30(33(27,28)7)18(2)31(25)37/h8,17-18,23-24,26,28-30H,9-16H2,1-7H3/t17-,18+,23+,24-,26+,28+,29+,30+,32+,33+/m1/s1. The number of carbonyl (C=O) groups is 4. The van der Waals surface area contributed by atoms with Crippen LogP contribution < -0.4 is 0 Å². The molecule has 0 N–H and O–H groups in total. The highest BCUT2D eigenvalue weighted by Crippen LogP contribution is 2.71. The van der Waals surface area contributed by atoms with E-state index in [-0.39, 0.29) is 64.5 Å². The Morgan fingerprint density at radius 2 is 1.73 bits per heavy atom. The molecule has 5 rings (SSSR count). The molecule has 5 aliphatic rings. The van der Waals surface area contributed by atoms with Crippen molar-refractivity contribution >= 4 is 23.7 Å². The molecule has 0 aliphatic heterocycles. The van der Waals surface area contributed by atoms with Crippen molar-refractivity contribution in [3.05, 3.63) is 22.8 Å². The van der Waals surface area contributed by atoms with Crippen molar-refractivity contribution in [2.75, 3.05) is 6.61 Å². The monoisotopic (exact) mass is 554 g/mol. The van der Waals surface area contributed by atoms with Crippen LogP contribution in [0.2, 0.25) is 0 Å². The first-order chi connectivity index (χ1) is 18.8. The summed E-state index contributed by atoms with van der Waals surface area (Å²) in [6, 6.07) is 0. The first kappa shape index (κ1) is 29.1. The van der Waals surface area contributed by atoms with Gasteiger partial charge in [0.15, 0.2) is 5.78 Å². The van der Waals surface area contributed by atoms with Gasteiger partial charge in [0.25, 0.3) is 0 Å². The van der Waals surface area contributed by atoms with Gasteiger partial charge in [-0.25, -0.2) is 0 Å². The van der Waals surface area contributed by atoms with E-state index in [9.17, 15) is 19.2 Å². The maximum absolute atomic E-state index is 14.1. The Morgan fingerprint density at radius 1 is 1.02 bits per heavy atom. The molecule has 5 aliphatic carbocycles. The van der Waals surface area contributed by atoms with Crippen LogP contribution >= 0.6 is 0 Å². The molecule has 0 aromatic rings. The normalized spacial score (nSPS) is 40.7. The SMILES string of the molecule is CC(=O)OC[C@H](C)CC1=C2C[C@H]3[C@@H](CC=C4C[C@@H](OC(C)=O)CC[C@@]43C)[C@@H]3C[C@H](OC(C)=O)[C@H]([C@H](C)C1=O)[C@@]23C. The van der Waals surface area contributed by atoms with E-state index < -0.39 is 0 Å². The molecule has 40 heavy (non-hydrogen) atoms. The van der Waals surface area contributed by atoms with Gasteiger partial charge in [0.2, 0.25) is 0 Å². The lowest BCUT2D eigenvalue weighted by Crippen LogP contribution is -2.55. The maximum atomic E-state index is 14.1. The van der Waals surface area contributed by atoms with Crippen LogP contribution in [-0.2, 0) is 33.4 Å². The van der Waals surface area contributed by atoms with Gasteiger partial charge in [-0.2, -0.15) is 0 Å². The minimum absolute atomic E-state index is 0.0243. The second kappa shape index (κ2) is 10.4. The first-order valence-corrected chi connectivity index (χ1v) is 15.2. The molecule has 0 radical (unpaired) electrons. The minimum Gasteiger partial charge on any atom is -0.466 e. The highest BCUT2D eigenvalue weighted by Gasteiger charge is 2.67. The summed E-state index contributed by atoms with van der Waals surface area (Å²) < 4.78 is 16.9. The lowest BCUT2D eigenvalue weighted by molar-refractivity contribution is -0.152. The summed E-state index contributed by atoms with van der Waals surface area (Å²) >= 11 is 0. The van der Waals surface area contributed by atoms with Crippen LogP contribution in [0.3, 0.4) is 0 Å². The fourth-order valence-corrected chi connectivity index (χ4v) is 9.87. The van der Waals surface area contributed by atoms with Crippen molar-refractivity contribution in [1.82, 2.24) is 0 Å². The number of rotatable bonds is 6. The van der Waals surface area contributed by atoms with Crippen molar-refractivity contribution < 1.29 is 33.4 Å². The van der Waals surface area contributed by atoms with Gasteiger partial charge in [0, 0.05) is 39.0 Å². The van der Waals surface area contributed by atoms with E-state index in [0.717, 1.165) is 44.1 Å². The predicted molar refractivity (Wildman–Crippen MR) is 149 cm³/mol. The minimum atomic E-state index is -0.306. The van der Waals surface area contributed by atoms with Gasteiger partial charge in [-0.3, -0.25) is 19.2 Å². The molecular weight excluding hydrogens is 508 g/mol. The zero-order valence-corrected chi connectivity index (χ0v) is 25.2. The van der Waals surface area contributed by atoms with Crippen LogP contribution in [0.15, 0.2) is 22.8 Å². The molecule has 3 saturated carbocycles. The molecule has 0 saturated heterocycles. The molecule has 7 heteroatoms. The highest BCUT2D eigenvalue weighted by molar-refractivity contribution is 5.99. The van der Waals surface area contributed by atoms with Crippen LogP contribution in [0, 0.1) is 46.3 Å². The molecule has 0 amide bonds. The summed E-state index contributed by atoms with van der Waals surface area (Å²) in [5.41, 5.74) is 3.33. The maximum Gasteiger partial charge on any atom is 0.302 e. The number of ether oxygens (including phenoxy) is 3. The summed E-state index contributed by atoms with van der Waals surface area (Å²) in [7, 11) is 0. The average molecular weight is 555 g/mol. The molecule has 10 atom stereocenters. The van der Waals surface area contributed by atoms with Crippen molar-refractivity contribution in [2.45, 2.75) is 106 Å². The molecule has 0 bridgehead atoms. The number of esters is 3. The largest absolute Gasteiger partial charge is 0.466 e. The van der Waals surface area contributed by atoms with E-state index in [0.29, 0.717) is 30.8 Å². The molecular formula is C33H46O7. The van der Waals surface area contributed by atoms with Gasteiger partial charge in [-0.05, 0) is 78.6 Å². The number of allylic oxidation sites excluding steroid dienone is 3. The van der Waals surface area contributed by atoms with Crippen LogP contribution in [0.5, 0.6) is 0 Å². The molecule has 0 unspecified atom stereocenters. The Morgan fingerprint density at radius 3 is 2.38 bits per heavy atom. The predicted octanol–water partition coefficient (Wildman–Crippen LogP) is 5.75. The molecule has 220 valence electrons. The van der Waals surface area contributed by atoms with Crippen LogP contribution in [0.1, 0.15) is 93.4 Å². The van der Waals surface area contributed by atoms with Crippen molar-refractivity contribution in [3.8, 4) is 0 Å². The van der Waals surface area contributed by atoms with Gasteiger partial charge in [0.1, 0.15) is 12.2 Å². The highest BCUT2D eigenvalue weighted by atomic mass is 16.5. The number of hydrogen-bond donors (Lipinski definition) is 0. The summed E-state index contributed by atoms with van der Waals surface area (Å²) in [5, 5.41) is 0. The lowest BCUT2D eigenvalue weighted by atomic mass is 9.44. The Labute approximate surface area is 238 Å². The summed E-state index contributed by atoms with van der Waals surface area (Å²) in [5.74, 6) is 0.236. The number of ketones is 1. The molecule has 0 aromatic carbocycles. The summed E-state index contributed by atoms with van der Waals surface area (Å²) in [6.07, 6.45) is 7.87. The van der Waals surface area contributed by atoms with E-state index in [4.69, 9.17) is 14.2 Å². The van der Waals surface area contributed by atoms with Gasteiger partial charge in [-0.15, -0.1) is 0 Å². The second-order valence-corrected chi connectivity index (χ2v) is 13.9. The number of fused-ring (bicyclic) bond motifs is 4. The molecule has 0 heterocycles. The number of Topliss-reactive ketones (excluding diaryl/α,β-unsaturated/α-hetero) is 1. The topological polar surface area (TPSA) is 96.0 Å². The average Bonchev–Trinajstić information content (AvgIpc) is 3.16. The van der Waals surface area contributed by atoms with Crippen LogP contribution in [0.4, 0.5) is 0 Å². The summed E-state index contributed by atoms with van der Waals surface area (Å²) in [6.45, 7) is 13.5.